The van der Waals surface area contributed by atoms with Crippen LogP contribution in [0.25, 0.3) is 0 Å². The third kappa shape index (κ3) is 3.46. The summed E-state index contributed by atoms with van der Waals surface area (Å²) in [4.78, 5) is 13.7. The Bertz CT molecular complexity index is 231. The molecule has 0 aliphatic carbocycles. The molecule has 2 atom stereocenters. The maximum absolute atomic E-state index is 11.8. The molecule has 1 saturated heterocycles. The van der Waals surface area contributed by atoms with Crippen LogP contribution in [-0.4, -0.2) is 43.2 Å². The third-order valence-electron chi connectivity index (χ3n) is 3.29. The first kappa shape index (κ1) is 13.5. The standard InChI is InChI=1S/C12H24N2O2/c1-4-16-6-5-12(15)14-7-10(9(2)3)11(13)8-14/h9-11H,4-8,13H2,1-3H3/t10-,11+/m1/s1. The van der Waals surface area contributed by atoms with Gasteiger partial charge in [0.15, 0.2) is 0 Å². The quantitative estimate of drug-likeness (QED) is 0.710. The molecule has 1 rings (SSSR count). The number of amides is 1. The number of hydrogen-bond acceptors (Lipinski definition) is 3. The summed E-state index contributed by atoms with van der Waals surface area (Å²) in [6.07, 6.45) is 0.478. The molecule has 2 N–H and O–H groups in total. The van der Waals surface area contributed by atoms with Gasteiger partial charge in [-0.1, -0.05) is 13.8 Å². The first-order valence-electron chi connectivity index (χ1n) is 6.17. The molecular weight excluding hydrogens is 204 g/mol. The van der Waals surface area contributed by atoms with Crippen LogP contribution < -0.4 is 5.73 Å². The van der Waals surface area contributed by atoms with Gasteiger partial charge in [-0.05, 0) is 18.8 Å². The first-order chi connectivity index (χ1) is 7.56. The number of rotatable bonds is 5. The minimum atomic E-state index is 0.135. The molecule has 0 bridgehead atoms. The molecular formula is C12H24N2O2. The van der Waals surface area contributed by atoms with Crippen LogP contribution >= 0.6 is 0 Å². The fourth-order valence-corrected chi connectivity index (χ4v) is 2.23. The van der Waals surface area contributed by atoms with E-state index in [1.807, 2.05) is 11.8 Å². The lowest BCUT2D eigenvalue weighted by Gasteiger charge is -2.18. The van der Waals surface area contributed by atoms with E-state index in [0.717, 1.165) is 6.54 Å². The Hall–Kier alpha value is -0.610. The van der Waals surface area contributed by atoms with E-state index in [2.05, 4.69) is 13.8 Å². The smallest absolute Gasteiger partial charge is 0.224 e. The van der Waals surface area contributed by atoms with Crippen molar-refractivity contribution in [3.63, 3.8) is 0 Å². The maximum atomic E-state index is 11.8. The summed E-state index contributed by atoms with van der Waals surface area (Å²) in [5.74, 6) is 1.16. The van der Waals surface area contributed by atoms with E-state index < -0.39 is 0 Å². The molecule has 1 aliphatic rings. The topological polar surface area (TPSA) is 55.6 Å². The average molecular weight is 228 g/mol. The van der Waals surface area contributed by atoms with Gasteiger partial charge in [0.25, 0.3) is 0 Å². The molecule has 1 fully saturated rings. The highest BCUT2D eigenvalue weighted by Crippen LogP contribution is 2.23. The summed E-state index contributed by atoms with van der Waals surface area (Å²) in [6.45, 7) is 8.97. The van der Waals surface area contributed by atoms with Crippen LogP contribution in [0.4, 0.5) is 0 Å². The van der Waals surface area contributed by atoms with Crippen molar-refractivity contribution in [3.8, 4) is 0 Å². The number of hydrogen-bond donors (Lipinski definition) is 1. The van der Waals surface area contributed by atoms with Crippen LogP contribution in [0.15, 0.2) is 0 Å². The molecule has 1 amide bonds. The van der Waals surface area contributed by atoms with E-state index in [9.17, 15) is 4.79 Å². The number of nitrogens with zero attached hydrogens (tertiary/aromatic N) is 1. The zero-order valence-corrected chi connectivity index (χ0v) is 10.6. The predicted molar refractivity (Wildman–Crippen MR) is 64.0 cm³/mol. The molecule has 4 nitrogen and oxygen atoms in total. The zero-order chi connectivity index (χ0) is 12.1. The van der Waals surface area contributed by atoms with Crippen LogP contribution in [0.2, 0.25) is 0 Å². The molecule has 0 aromatic carbocycles. The molecule has 0 spiro atoms. The van der Waals surface area contributed by atoms with Crippen LogP contribution in [0.5, 0.6) is 0 Å². The van der Waals surface area contributed by atoms with Gasteiger partial charge >= 0.3 is 0 Å². The summed E-state index contributed by atoms with van der Waals surface area (Å²) in [5, 5.41) is 0. The van der Waals surface area contributed by atoms with Gasteiger partial charge in [-0.2, -0.15) is 0 Å². The Labute approximate surface area is 98.1 Å². The van der Waals surface area contributed by atoms with Crippen molar-refractivity contribution in [1.82, 2.24) is 4.90 Å². The summed E-state index contributed by atoms with van der Waals surface area (Å²) in [5.41, 5.74) is 6.04. The highest BCUT2D eigenvalue weighted by molar-refractivity contribution is 5.76. The zero-order valence-electron chi connectivity index (χ0n) is 10.6. The normalized spacial score (nSPS) is 25.4. The molecule has 0 aromatic heterocycles. The third-order valence-corrected chi connectivity index (χ3v) is 3.29. The largest absolute Gasteiger partial charge is 0.381 e. The second-order valence-corrected chi connectivity index (χ2v) is 4.82. The van der Waals surface area contributed by atoms with Gasteiger partial charge in [0.2, 0.25) is 5.91 Å². The Morgan fingerprint density at radius 3 is 2.69 bits per heavy atom. The highest BCUT2D eigenvalue weighted by Gasteiger charge is 2.34. The van der Waals surface area contributed by atoms with E-state index in [0.29, 0.717) is 38.0 Å². The SMILES string of the molecule is CCOCCC(=O)N1C[C@H](C(C)C)[C@@H](N)C1. The number of carbonyl (C=O) groups excluding carboxylic acids is 1. The fraction of sp³-hybridized carbons (Fsp3) is 0.917. The lowest BCUT2D eigenvalue weighted by atomic mass is 9.92. The monoisotopic (exact) mass is 228 g/mol. The molecule has 4 heteroatoms. The molecule has 0 unspecified atom stereocenters. The Balaban J connectivity index is 2.36. The van der Waals surface area contributed by atoms with Gasteiger partial charge in [-0.3, -0.25) is 4.79 Å². The van der Waals surface area contributed by atoms with Crippen LogP contribution in [0, 0.1) is 11.8 Å². The van der Waals surface area contributed by atoms with E-state index in [1.165, 1.54) is 0 Å². The molecule has 94 valence electrons. The van der Waals surface area contributed by atoms with Gasteiger partial charge < -0.3 is 15.4 Å². The van der Waals surface area contributed by atoms with Gasteiger partial charge in [0.05, 0.1) is 13.0 Å². The van der Waals surface area contributed by atoms with E-state index in [4.69, 9.17) is 10.5 Å². The second-order valence-electron chi connectivity index (χ2n) is 4.82. The molecule has 1 heterocycles. The van der Waals surface area contributed by atoms with Crippen molar-refractivity contribution < 1.29 is 9.53 Å². The van der Waals surface area contributed by atoms with Crippen LogP contribution in [0.1, 0.15) is 27.2 Å². The average Bonchev–Trinajstić information content (AvgIpc) is 2.60. The summed E-state index contributed by atoms with van der Waals surface area (Å²) in [7, 11) is 0. The molecule has 16 heavy (non-hydrogen) atoms. The molecule has 0 saturated carbocycles. The van der Waals surface area contributed by atoms with Crippen LogP contribution in [0.3, 0.4) is 0 Å². The molecule has 0 radical (unpaired) electrons. The lowest BCUT2D eigenvalue weighted by Crippen LogP contribution is -2.33. The summed E-state index contributed by atoms with van der Waals surface area (Å²) in [6, 6.07) is 0.135. The number of ether oxygens (including phenoxy) is 1. The minimum Gasteiger partial charge on any atom is -0.381 e. The molecule has 1 aliphatic heterocycles. The Morgan fingerprint density at radius 1 is 1.50 bits per heavy atom. The van der Waals surface area contributed by atoms with E-state index >= 15 is 0 Å². The Kier molecular flexibility index (Phi) is 5.22. The maximum Gasteiger partial charge on any atom is 0.224 e. The number of carbonyl (C=O) groups is 1. The fourth-order valence-electron chi connectivity index (χ4n) is 2.23. The lowest BCUT2D eigenvalue weighted by molar-refractivity contribution is -0.131. The molecule has 0 aromatic rings. The van der Waals surface area contributed by atoms with Crippen molar-refractivity contribution >= 4 is 5.91 Å². The number of nitrogens with two attached hydrogens (primary N) is 1. The van der Waals surface area contributed by atoms with E-state index in [1.54, 1.807) is 0 Å². The summed E-state index contributed by atoms with van der Waals surface area (Å²) < 4.78 is 5.19. The van der Waals surface area contributed by atoms with Crippen molar-refractivity contribution in [2.45, 2.75) is 33.2 Å². The van der Waals surface area contributed by atoms with Gasteiger partial charge in [-0.25, -0.2) is 0 Å². The first-order valence-corrected chi connectivity index (χ1v) is 6.17. The van der Waals surface area contributed by atoms with Gasteiger partial charge in [-0.15, -0.1) is 0 Å². The van der Waals surface area contributed by atoms with Gasteiger partial charge in [0, 0.05) is 25.7 Å². The number of likely N-dealkylation sites (tertiary alicyclic amines) is 1. The summed E-state index contributed by atoms with van der Waals surface area (Å²) >= 11 is 0. The van der Waals surface area contributed by atoms with Gasteiger partial charge in [0.1, 0.15) is 0 Å². The predicted octanol–water partition coefficient (Wildman–Crippen LogP) is 0.855. The van der Waals surface area contributed by atoms with Crippen molar-refractivity contribution in [1.29, 1.82) is 0 Å². The van der Waals surface area contributed by atoms with Crippen molar-refractivity contribution in [2.75, 3.05) is 26.3 Å². The van der Waals surface area contributed by atoms with E-state index in [-0.39, 0.29) is 11.9 Å². The second kappa shape index (κ2) is 6.21. The van der Waals surface area contributed by atoms with Crippen molar-refractivity contribution in [3.05, 3.63) is 0 Å². The van der Waals surface area contributed by atoms with Crippen LogP contribution in [-0.2, 0) is 9.53 Å². The highest BCUT2D eigenvalue weighted by atomic mass is 16.5. The Morgan fingerprint density at radius 2 is 2.19 bits per heavy atom. The minimum absolute atomic E-state index is 0.135. The van der Waals surface area contributed by atoms with Crippen molar-refractivity contribution in [2.24, 2.45) is 17.6 Å².